The van der Waals surface area contributed by atoms with Crippen molar-refractivity contribution in [3.8, 4) is 0 Å². The van der Waals surface area contributed by atoms with E-state index >= 15 is 0 Å². The van der Waals surface area contributed by atoms with Crippen LogP contribution in [0.25, 0.3) is 11.0 Å². The second-order valence-corrected chi connectivity index (χ2v) is 6.54. The molecule has 1 heterocycles. The van der Waals surface area contributed by atoms with Crippen LogP contribution in [-0.4, -0.2) is 32.3 Å². The van der Waals surface area contributed by atoms with Gasteiger partial charge in [-0.3, -0.25) is 0 Å². The zero-order valence-corrected chi connectivity index (χ0v) is 12.9. The van der Waals surface area contributed by atoms with Gasteiger partial charge in [0.25, 0.3) is 0 Å². The van der Waals surface area contributed by atoms with Crippen molar-refractivity contribution in [2.75, 3.05) is 6.61 Å². The zero-order chi connectivity index (χ0) is 15.8. The molecule has 5 heteroatoms. The lowest BCUT2D eigenvalue weighted by Gasteiger charge is -2.24. The molecule has 2 rings (SSSR count). The van der Waals surface area contributed by atoms with Crippen molar-refractivity contribution < 1.29 is 15.0 Å². The number of rotatable bonds is 5. The summed E-state index contributed by atoms with van der Waals surface area (Å²) in [5, 5.41) is 18.7. The molecule has 2 N–H and O–H groups in total. The Morgan fingerprint density at radius 1 is 1.38 bits per heavy atom. The van der Waals surface area contributed by atoms with E-state index in [1.807, 2.05) is 18.4 Å². The summed E-state index contributed by atoms with van der Waals surface area (Å²) in [5.41, 5.74) is 1.55. The molecule has 0 saturated carbocycles. The number of carbonyl (C=O) groups is 1. The molecule has 21 heavy (non-hydrogen) atoms. The van der Waals surface area contributed by atoms with E-state index in [4.69, 9.17) is 5.11 Å². The van der Waals surface area contributed by atoms with Crippen LogP contribution in [0.2, 0.25) is 0 Å². The minimum absolute atomic E-state index is 0.0584. The summed E-state index contributed by atoms with van der Waals surface area (Å²) in [6, 6.07) is 4.97. The molecule has 0 bridgehead atoms. The van der Waals surface area contributed by atoms with Crippen LogP contribution in [0.15, 0.2) is 18.2 Å². The third kappa shape index (κ3) is 3.08. The first-order chi connectivity index (χ1) is 9.75. The summed E-state index contributed by atoms with van der Waals surface area (Å²) in [6.45, 7) is 8.72. The number of aromatic nitrogens is 2. The maximum absolute atomic E-state index is 11.2. The third-order valence-electron chi connectivity index (χ3n) is 3.56. The molecule has 5 nitrogen and oxygen atoms in total. The molecule has 1 aromatic heterocycles. The largest absolute Gasteiger partial charge is 0.478 e. The van der Waals surface area contributed by atoms with Crippen LogP contribution in [0.4, 0.5) is 0 Å². The van der Waals surface area contributed by atoms with Gasteiger partial charge in [-0.25, -0.2) is 9.78 Å². The monoisotopic (exact) mass is 290 g/mol. The number of aliphatic hydroxyl groups excluding tert-OH is 1. The van der Waals surface area contributed by atoms with E-state index < -0.39 is 5.97 Å². The molecule has 114 valence electrons. The SMILES string of the molecule is CC(C)c1nc2ccc(C(=O)O)cc2n1CC(C)(C)CO. The van der Waals surface area contributed by atoms with E-state index in [0.717, 1.165) is 16.9 Å². The average molecular weight is 290 g/mol. The highest BCUT2D eigenvalue weighted by atomic mass is 16.4. The van der Waals surface area contributed by atoms with Crippen molar-refractivity contribution >= 4 is 17.0 Å². The lowest BCUT2D eigenvalue weighted by Crippen LogP contribution is -2.25. The van der Waals surface area contributed by atoms with Gasteiger partial charge >= 0.3 is 5.97 Å². The number of aliphatic hydroxyl groups is 1. The van der Waals surface area contributed by atoms with Crippen molar-refractivity contribution in [3.05, 3.63) is 29.6 Å². The van der Waals surface area contributed by atoms with E-state index in [9.17, 15) is 9.90 Å². The number of imidazole rings is 1. The quantitative estimate of drug-likeness (QED) is 0.888. The van der Waals surface area contributed by atoms with Gasteiger partial charge in [0.15, 0.2) is 0 Å². The van der Waals surface area contributed by atoms with Crippen LogP contribution in [0.5, 0.6) is 0 Å². The highest BCUT2D eigenvalue weighted by Crippen LogP contribution is 2.27. The Labute approximate surface area is 124 Å². The molecular formula is C16H22N2O3. The number of benzene rings is 1. The fourth-order valence-electron chi connectivity index (χ4n) is 2.36. The molecule has 0 aliphatic heterocycles. The Morgan fingerprint density at radius 2 is 2.05 bits per heavy atom. The normalized spacial score (nSPS) is 12.3. The van der Waals surface area contributed by atoms with E-state index in [2.05, 4.69) is 18.8 Å². The second-order valence-electron chi connectivity index (χ2n) is 6.54. The molecule has 0 atom stereocenters. The van der Waals surface area contributed by atoms with Crippen molar-refractivity contribution in [2.24, 2.45) is 5.41 Å². The first kappa shape index (κ1) is 15.5. The second kappa shape index (κ2) is 5.48. The van der Waals surface area contributed by atoms with Crippen LogP contribution < -0.4 is 0 Å². The maximum atomic E-state index is 11.2. The van der Waals surface area contributed by atoms with Gasteiger partial charge in [0.1, 0.15) is 5.82 Å². The average Bonchev–Trinajstić information content (AvgIpc) is 2.76. The van der Waals surface area contributed by atoms with E-state index in [1.54, 1.807) is 18.2 Å². The summed E-state index contributed by atoms with van der Waals surface area (Å²) in [5.74, 6) is 0.186. The van der Waals surface area contributed by atoms with Crippen LogP contribution in [0, 0.1) is 5.41 Å². The van der Waals surface area contributed by atoms with E-state index in [-0.39, 0.29) is 23.5 Å². The van der Waals surface area contributed by atoms with Gasteiger partial charge in [-0.1, -0.05) is 27.7 Å². The highest BCUT2D eigenvalue weighted by Gasteiger charge is 2.23. The topological polar surface area (TPSA) is 75.3 Å². The molecule has 0 fully saturated rings. The molecule has 0 unspecified atom stereocenters. The Bertz CT molecular complexity index is 671. The summed E-state index contributed by atoms with van der Waals surface area (Å²) in [4.78, 5) is 15.8. The van der Waals surface area contributed by atoms with Gasteiger partial charge in [-0.15, -0.1) is 0 Å². The van der Waals surface area contributed by atoms with Gasteiger partial charge in [0.05, 0.1) is 16.6 Å². The highest BCUT2D eigenvalue weighted by molar-refractivity contribution is 5.92. The number of hydrogen-bond acceptors (Lipinski definition) is 3. The summed E-state index contributed by atoms with van der Waals surface area (Å²) >= 11 is 0. The van der Waals surface area contributed by atoms with Crippen molar-refractivity contribution in [1.82, 2.24) is 9.55 Å². The molecule has 0 spiro atoms. The fraction of sp³-hybridized carbons (Fsp3) is 0.500. The Morgan fingerprint density at radius 3 is 2.57 bits per heavy atom. The minimum Gasteiger partial charge on any atom is -0.478 e. The Balaban J connectivity index is 2.64. The first-order valence-corrected chi connectivity index (χ1v) is 7.09. The van der Waals surface area contributed by atoms with Gasteiger partial charge in [0.2, 0.25) is 0 Å². The number of hydrogen-bond donors (Lipinski definition) is 2. The fourth-order valence-corrected chi connectivity index (χ4v) is 2.36. The summed E-state index contributed by atoms with van der Waals surface area (Å²) in [7, 11) is 0. The molecule has 0 radical (unpaired) electrons. The van der Waals surface area contributed by atoms with Crippen molar-refractivity contribution in [1.29, 1.82) is 0 Å². The third-order valence-corrected chi connectivity index (χ3v) is 3.56. The van der Waals surface area contributed by atoms with Crippen LogP contribution >= 0.6 is 0 Å². The van der Waals surface area contributed by atoms with Crippen molar-refractivity contribution in [3.63, 3.8) is 0 Å². The number of carboxylic acids is 1. The smallest absolute Gasteiger partial charge is 0.335 e. The molecular weight excluding hydrogens is 268 g/mol. The van der Waals surface area contributed by atoms with Crippen LogP contribution in [0.1, 0.15) is 49.8 Å². The summed E-state index contributed by atoms with van der Waals surface area (Å²) in [6.07, 6.45) is 0. The lowest BCUT2D eigenvalue weighted by atomic mass is 9.94. The van der Waals surface area contributed by atoms with Gasteiger partial charge < -0.3 is 14.8 Å². The van der Waals surface area contributed by atoms with E-state index in [1.165, 1.54) is 0 Å². The van der Waals surface area contributed by atoms with Crippen LogP contribution in [0.3, 0.4) is 0 Å². The zero-order valence-electron chi connectivity index (χ0n) is 12.9. The number of fused-ring (bicyclic) bond motifs is 1. The number of carboxylic acid groups (broad SMARTS) is 1. The molecule has 2 aromatic rings. The van der Waals surface area contributed by atoms with Gasteiger partial charge in [0, 0.05) is 24.5 Å². The van der Waals surface area contributed by atoms with E-state index in [0.29, 0.717) is 6.54 Å². The Hall–Kier alpha value is -1.88. The minimum atomic E-state index is -0.947. The van der Waals surface area contributed by atoms with Gasteiger partial charge in [-0.2, -0.15) is 0 Å². The summed E-state index contributed by atoms with van der Waals surface area (Å²) < 4.78 is 2.03. The predicted octanol–water partition coefficient (Wildman–Crippen LogP) is 2.88. The molecule has 0 saturated heterocycles. The van der Waals surface area contributed by atoms with Crippen molar-refractivity contribution in [2.45, 2.75) is 40.2 Å². The standard InChI is InChI=1S/C16H22N2O3/c1-10(2)14-17-12-6-5-11(15(20)21)7-13(12)18(14)8-16(3,4)9-19/h5-7,10,19H,8-9H2,1-4H3,(H,20,21). The predicted molar refractivity (Wildman–Crippen MR) is 81.6 cm³/mol. The number of nitrogens with zero attached hydrogens (tertiary/aromatic N) is 2. The molecule has 0 aliphatic rings. The molecule has 1 aromatic carbocycles. The maximum Gasteiger partial charge on any atom is 0.335 e. The molecule has 0 aliphatic carbocycles. The number of aromatic carboxylic acids is 1. The Kier molecular flexibility index (Phi) is 4.05. The van der Waals surface area contributed by atoms with Gasteiger partial charge in [-0.05, 0) is 18.2 Å². The lowest BCUT2D eigenvalue weighted by molar-refractivity contribution is 0.0697. The molecule has 0 amide bonds. The first-order valence-electron chi connectivity index (χ1n) is 7.09. The van der Waals surface area contributed by atoms with Crippen LogP contribution in [-0.2, 0) is 6.54 Å².